The minimum absolute atomic E-state index is 0.200. The SMILES string of the molecule is COc1cc(OC)c(C(c2ccccc2OC)S(=O)(=O)c2ccc(C)cc2)cc1OC. The summed E-state index contributed by atoms with van der Waals surface area (Å²) in [4.78, 5) is 0.200. The minimum Gasteiger partial charge on any atom is -0.496 e. The van der Waals surface area contributed by atoms with E-state index in [1.165, 1.54) is 28.4 Å². The summed E-state index contributed by atoms with van der Waals surface area (Å²) >= 11 is 0. The number of hydrogen-bond acceptors (Lipinski definition) is 6. The molecule has 0 N–H and O–H groups in total. The summed E-state index contributed by atoms with van der Waals surface area (Å²) in [6.07, 6.45) is 0. The van der Waals surface area contributed by atoms with Crippen molar-refractivity contribution >= 4 is 9.84 Å². The summed E-state index contributed by atoms with van der Waals surface area (Å²) in [6, 6.07) is 17.1. The van der Waals surface area contributed by atoms with E-state index in [1.807, 2.05) is 6.92 Å². The third-order valence-electron chi connectivity index (χ3n) is 5.10. The molecule has 0 bridgehead atoms. The molecule has 0 saturated heterocycles. The Hall–Kier alpha value is -3.19. The Balaban J connectivity index is 2.36. The number of benzene rings is 3. The van der Waals surface area contributed by atoms with Gasteiger partial charge in [-0.1, -0.05) is 35.9 Å². The molecule has 0 aliphatic carbocycles. The molecule has 0 saturated carbocycles. The Morgan fingerprint density at radius 2 is 1.19 bits per heavy atom. The van der Waals surface area contributed by atoms with Crippen LogP contribution in [0.2, 0.25) is 0 Å². The molecule has 0 fully saturated rings. The fraction of sp³-hybridized carbons (Fsp3) is 0.250. The molecule has 3 aromatic rings. The monoisotopic (exact) mass is 442 g/mol. The second-order valence-corrected chi connectivity index (χ2v) is 8.96. The number of para-hydroxylation sites is 1. The predicted molar refractivity (Wildman–Crippen MR) is 119 cm³/mol. The molecular weight excluding hydrogens is 416 g/mol. The van der Waals surface area contributed by atoms with Crippen LogP contribution in [-0.4, -0.2) is 36.9 Å². The molecule has 6 nitrogen and oxygen atoms in total. The van der Waals surface area contributed by atoms with E-state index in [0.29, 0.717) is 34.1 Å². The Kier molecular flexibility index (Phi) is 6.75. The van der Waals surface area contributed by atoms with Crippen LogP contribution in [0.1, 0.15) is 21.9 Å². The highest BCUT2D eigenvalue weighted by Gasteiger charge is 2.36. The average Bonchev–Trinajstić information content (AvgIpc) is 2.79. The lowest BCUT2D eigenvalue weighted by Gasteiger charge is -2.24. The number of methoxy groups -OCH3 is 4. The van der Waals surface area contributed by atoms with Crippen molar-refractivity contribution in [2.75, 3.05) is 28.4 Å². The second-order valence-electron chi connectivity index (χ2n) is 6.93. The van der Waals surface area contributed by atoms with Gasteiger partial charge in [0.25, 0.3) is 0 Å². The van der Waals surface area contributed by atoms with Crippen LogP contribution in [0, 0.1) is 6.92 Å². The third kappa shape index (κ3) is 4.32. The molecule has 0 spiro atoms. The van der Waals surface area contributed by atoms with E-state index in [2.05, 4.69) is 0 Å². The summed E-state index contributed by atoms with van der Waals surface area (Å²) < 4.78 is 49.8. The van der Waals surface area contributed by atoms with Gasteiger partial charge in [0.1, 0.15) is 16.7 Å². The second kappa shape index (κ2) is 9.31. The number of sulfone groups is 1. The van der Waals surface area contributed by atoms with Crippen molar-refractivity contribution in [1.29, 1.82) is 0 Å². The van der Waals surface area contributed by atoms with Gasteiger partial charge in [0.15, 0.2) is 21.3 Å². The summed E-state index contributed by atoms with van der Waals surface area (Å²) in [5, 5.41) is -1.10. The van der Waals surface area contributed by atoms with Crippen molar-refractivity contribution in [2.45, 2.75) is 17.1 Å². The first-order valence-corrected chi connectivity index (χ1v) is 11.1. The first-order chi connectivity index (χ1) is 14.9. The van der Waals surface area contributed by atoms with E-state index in [4.69, 9.17) is 18.9 Å². The van der Waals surface area contributed by atoms with E-state index in [1.54, 1.807) is 60.7 Å². The van der Waals surface area contributed by atoms with Gasteiger partial charge in [0, 0.05) is 17.2 Å². The van der Waals surface area contributed by atoms with Gasteiger partial charge in [-0.15, -0.1) is 0 Å². The average molecular weight is 443 g/mol. The van der Waals surface area contributed by atoms with Crippen LogP contribution in [0.15, 0.2) is 65.6 Å². The zero-order valence-corrected chi connectivity index (χ0v) is 19.0. The van der Waals surface area contributed by atoms with Crippen molar-refractivity contribution < 1.29 is 27.4 Å². The van der Waals surface area contributed by atoms with Gasteiger partial charge in [-0.2, -0.15) is 0 Å². The van der Waals surface area contributed by atoms with Crippen LogP contribution < -0.4 is 18.9 Å². The Bertz CT molecular complexity index is 1150. The van der Waals surface area contributed by atoms with Crippen molar-refractivity contribution in [1.82, 2.24) is 0 Å². The van der Waals surface area contributed by atoms with Crippen LogP contribution in [0.4, 0.5) is 0 Å². The molecule has 1 atom stereocenters. The number of rotatable bonds is 8. The molecule has 0 aromatic heterocycles. The minimum atomic E-state index is -3.89. The van der Waals surface area contributed by atoms with Crippen molar-refractivity contribution in [3.63, 3.8) is 0 Å². The summed E-state index contributed by atoms with van der Waals surface area (Å²) in [7, 11) is 2.13. The van der Waals surface area contributed by atoms with Gasteiger partial charge in [-0.05, 0) is 31.2 Å². The smallest absolute Gasteiger partial charge is 0.189 e. The maximum absolute atomic E-state index is 14.0. The highest BCUT2D eigenvalue weighted by atomic mass is 32.2. The van der Waals surface area contributed by atoms with E-state index in [0.717, 1.165) is 5.56 Å². The van der Waals surface area contributed by atoms with E-state index in [-0.39, 0.29) is 4.90 Å². The van der Waals surface area contributed by atoms with Crippen molar-refractivity contribution in [3.8, 4) is 23.0 Å². The van der Waals surface area contributed by atoms with Crippen LogP contribution in [-0.2, 0) is 9.84 Å². The quantitative estimate of drug-likeness (QED) is 0.508. The third-order valence-corrected chi connectivity index (χ3v) is 7.16. The van der Waals surface area contributed by atoms with Crippen LogP contribution >= 0.6 is 0 Å². The van der Waals surface area contributed by atoms with Gasteiger partial charge < -0.3 is 18.9 Å². The molecule has 0 aliphatic rings. The molecule has 7 heteroatoms. The lowest BCUT2D eigenvalue weighted by atomic mass is 10.0. The molecule has 3 aromatic carbocycles. The molecule has 0 amide bonds. The molecule has 1 unspecified atom stereocenters. The molecule has 0 heterocycles. The van der Waals surface area contributed by atoms with Gasteiger partial charge >= 0.3 is 0 Å². The van der Waals surface area contributed by atoms with Crippen molar-refractivity contribution in [3.05, 3.63) is 77.4 Å². The summed E-state index contributed by atoms with van der Waals surface area (Å²) in [5.41, 5.74) is 1.89. The van der Waals surface area contributed by atoms with Crippen LogP contribution in [0.5, 0.6) is 23.0 Å². The fourth-order valence-corrected chi connectivity index (χ4v) is 5.34. The van der Waals surface area contributed by atoms with Crippen molar-refractivity contribution in [2.24, 2.45) is 0 Å². The van der Waals surface area contributed by atoms with Gasteiger partial charge in [0.05, 0.1) is 33.3 Å². The molecular formula is C24H26O6S. The van der Waals surface area contributed by atoms with Crippen LogP contribution in [0.25, 0.3) is 0 Å². The maximum atomic E-state index is 14.0. The molecule has 3 rings (SSSR count). The molecule has 164 valence electrons. The zero-order valence-electron chi connectivity index (χ0n) is 18.2. The zero-order chi connectivity index (χ0) is 22.6. The largest absolute Gasteiger partial charge is 0.496 e. The van der Waals surface area contributed by atoms with Gasteiger partial charge in [-0.25, -0.2) is 8.42 Å². The molecule has 31 heavy (non-hydrogen) atoms. The van der Waals surface area contributed by atoms with E-state index < -0.39 is 15.1 Å². The highest BCUT2D eigenvalue weighted by molar-refractivity contribution is 7.92. The number of ether oxygens (including phenoxy) is 4. The Labute approximate surface area is 183 Å². The summed E-state index contributed by atoms with van der Waals surface area (Å²) in [5.74, 6) is 1.66. The normalized spacial score (nSPS) is 12.2. The molecule has 0 aliphatic heterocycles. The Morgan fingerprint density at radius 3 is 1.77 bits per heavy atom. The van der Waals surface area contributed by atoms with Gasteiger partial charge in [-0.3, -0.25) is 0 Å². The van der Waals surface area contributed by atoms with Crippen LogP contribution in [0.3, 0.4) is 0 Å². The molecule has 0 radical (unpaired) electrons. The highest BCUT2D eigenvalue weighted by Crippen LogP contribution is 2.46. The lowest BCUT2D eigenvalue weighted by molar-refractivity contribution is 0.347. The summed E-state index contributed by atoms with van der Waals surface area (Å²) in [6.45, 7) is 1.91. The number of aryl methyl sites for hydroxylation is 1. The van der Waals surface area contributed by atoms with E-state index >= 15 is 0 Å². The topological polar surface area (TPSA) is 71.1 Å². The lowest BCUT2D eigenvalue weighted by Crippen LogP contribution is -2.17. The standard InChI is InChI=1S/C24H26O6S/c1-16-10-12-17(13-11-16)31(25,26)24(18-8-6-7-9-20(18)27-2)19-14-22(29-4)23(30-5)15-21(19)28-3/h6-15,24H,1-5H3. The maximum Gasteiger partial charge on any atom is 0.189 e. The van der Waals surface area contributed by atoms with Gasteiger partial charge in [0.2, 0.25) is 0 Å². The van der Waals surface area contributed by atoms with E-state index in [9.17, 15) is 8.42 Å². The fourth-order valence-electron chi connectivity index (χ4n) is 3.51. The first-order valence-electron chi connectivity index (χ1n) is 9.60. The Morgan fingerprint density at radius 1 is 0.645 bits per heavy atom. The number of hydrogen-bond donors (Lipinski definition) is 0. The predicted octanol–water partition coefficient (Wildman–Crippen LogP) is 4.59. The first kappa shape index (κ1) is 22.5.